The number of benzene rings is 1. The summed E-state index contributed by atoms with van der Waals surface area (Å²) in [6.45, 7) is 0.920. The molecule has 1 saturated heterocycles. The van der Waals surface area contributed by atoms with Gasteiger partial charge in [-0.1, -0.05) is 0 Å². The highest BCUT2D eigenvalue weighted by atomic mass is 19.1. The topological polar surface area (TPSA) is 97.0 Å². The van der Waals surface area contributed by atoms with E-state index < -0.39 is 5.82 Å². The Morgan fingerprint density at radius 1 is 1.07 bits per heavy atom. The van der Waals surface area contributed by atoms with Gasteiger partial charge in [0, 0.05) is 24.6 Å². The van der Waals surface area contributed by atoms with Crippen molar-refractivity contribution in [2.24, 2.45) is 0 Å². The maximum Gasteiger partial charge on any atom is 0.323 e. The van der Waals surface area contributed by atoms with Crippen LogP contribution in [0.3, 0.4) is 0 Å². The predicted molar refractivity (Wildman–Crippen MR) is 104 cm³/mol. The number of nitrogen functional groups attached to an aromatic ring is 1. The second-order valence-electron chi connectivity index (χ2n) is 6.76. The minimum Gasteiger partial charge on any atom is -0.396 e. The molecular formula is C20H18F2N6O. The second kappa shape index (κ2) is 7.78. The number of aromatic nitrogens is 3. The van der Waals surface area contributed by atoms with Gasteiger partial charge in [0.05, 0.1) is 23.8 Å². The van der Waals surface area contributed by atoms with Crippen LogP contribution in [0.25, 0.3) is 11.3 Å². The van der Waals surface area contributed by atoms with E-state index in [0.717, 1.165) is 12.4 Å². The lowest BCUT2D eigenvalue weighted by Gasteiger charge is -2.18. The number of halogens is 2. The molecule has 3 heterocycles. The van der Waals surface area contributed by atoms with Crippen LogP contribution < -0.4 is 11.1 Å². The summed E-state index contributed by atoms with van der Waals surface area (Å²) >= 11 is 0. The first-order chi connectivity index (χ1) is 14.0. The highest BCUT2D eigenvalue weighted by Crippen LogP contribution is 2.27. The number of nitrogens with one attached hydrogen (secondary N) is 1. The van der Waals surface area contributed by atoms with Gasteiger partial charge in [0.25, 0.3) is 0 Å². The standard InChI is InChI=1S/C20H18F2N6O/c21-14-3-1-12(2-4-14)17-6-5-16(23)19(26-17)27-20(29)28-8-7-13(11-28)18-24-9-15(22)10-25-18/h1-6,9-10,13H,7-8,11,23H2,(H,26,27,29). The summed E-state index contributed by atoms with van der Waals surface area (Å²) in [5, 5.41) is 2.73. The van der Waals surface area contributed by atoms with Crippen LogP contribution in [0.5, 0.6) is 0 Å². The number of likely N-dealkylation sites (tertiary alicyclic amines) is 1. The highest BCUT2D eigenvalue weighted by Gasteiger charge is 2.29. The number of nitrogens with two attached hydrogens (primary N) is 1. The van der Waals surface area contributed by atoms with Crippen LogP contribution in [0.4, 0.5) is 25.1 Å². The van der Waals surface area contributed by atoms with E-state index in [4.69, 9.17) is 5.73 Å². The van der Waals surface area contributed by atoms with Crippen LogP contribution in [-0.4, -0.2) is 39.0 Å². The molecule has 29 heavy (non-hydrogen) atoms. The molecule has 1 atom stereocenters. The smallest absolute Gasteiger partial charge is 0.323 e. The molecule has 3 N–H and O–H groups in total. The molecular weight excluding hydrogens is 378 g/mol. The van der Waals surface area contributed by atoms with E-state index in [1.165, 1.54) is 12.1 Å². The molecule has 2 aromatic heterocycles. The van der Waals surface area contributed by atoms with Crippen molar-refractivity contribution < 1.29 is 13.6 Å². The van der Waals surface area contributed by atoms with E-state index in [0.29, 0.717) is 42.3 Å². The van der Waals surface area contributed by atoms with Crippen LogP contribution in [0, 0.1) is 11.6 Å². The Morgan fingerprint density at radius 2 is 1.79 bits per heavy atom. The molecule has 2 amide bonds. The molecule has 0 bridgehead atoms. The zero-order valence-corrected chi connectivity index (χ0v) is 15.3. The molecule has 9 heteroatoms. The van der Waals surface area contributed by atoms with E-state index in [1.807, 2.05) is 0 Å². The first kappa shape index (κ1) is 18.7. The van der Waals surface area contributed by atoms with Gasteiger partial charge in [0.2, 0.25) is 0 Å². The molecule has 148 valence electrons. The molecule has 7 nitrogen and oxygen atoms in total. The summed E-state index contributed by atoms with van der Waals surface area (Å²) < 4.78 is 26.1. The number of urea groups is 1. The summed E-state index contributed by atoms with van der Waals surface area (Å²) in [6.07, 6.45) is 2.92. The fraction of sp³-hybridized carbons (Fsp3) is 0.200. The van der Waals surface area contributed by atoms with Gasteiger partial charge in [-0.15, -0.1) is 0 Å². The summed E-state index contributed by atoms with van der Waals surface area (Å²) in [5.41, 5.74) is 7.55. The second-order valence-corrected chi connectivity index (χ2v) is 6.76. The number of nitrogens with zero attached hydrogens (tertiary/aromatic N) is 4. The molecule has 1 aliphatic heterocycles. The molecule has 1 aromatic carbocycles. The maximum absolute atomic E-state index is 13.1. The quantitative estimate of drug-likeness (QED) is 0.707. The lowest BCUT2D eigenvalue weighted by atomic mass is 10.1. The highest BCUT2D eigenvalue weighted by molar-refractivity contribution is 5.92. The summed E-state index contributed by atoms with van der Waals surface area (Å²) in [4.78, 5) is 26.7. The van der Waals surface area contributed by atoms with Crippen LogP contribution in [0.15, 0.2) is 48.8 Å². The number of amides is 2. The Labute approximate surface area is 165 Å². The Balaban J connectivity index is 1.46. The normalized spacial score (nSPS) is 16.1. The monoisotopic (exact) mass is 396 g/mol. The van der Waals surface area contributed by atoms with Crippen molar-refractivity contribution in [3.8, 4) is 11.3 Å². The summed E-state index contributed by atoms with van der Waals surface area (Å²) in [6, 6.07) is 8.89. The van der Waals surface area contributed by atoms with E-state index in [2.05, 4.69) is 20.3 Å². The van der Waals surface area contributed by atoms with Gasteiger partial charge in [0.15, 0.2) is 11.6 Å². The van der Waals surface area contributed by atoms with Gasteiger partial charge >= 0.3 is 6.03 Å². The molecule has 3 aromatic rings. The van der Waals surface area contributed by atoms with Gasteiger partial charge < -0.3 is 10.6 Å². The molecule has 0 saturated carbocycles. The molecule has 0 aliphatic carbocycles. The predicted octanol–water partition coefficient (Wildman–Crippen LogP) is 3.42. The minimum absolute atomic E-state index is 0.0581. The van der Waals surface area contributed by atoms with E-state index >= 15 is 0 Å². The molecule has 4 rings (SSSR count). The van der Waals surface area contributed by atoms with E-state index in [-0.39, 0.29) is 23.6 Å². The SMILES string of the molecule is Nc1ccc(-c2ccc(F)cc2)nc1NC(=O)N1CCC(c2ncc(F)cn2)C1. The fourth-order valence-electron chi connectivity index (χ4n) is 3.22. The van der Waals surface area contributed by atoms with Gasteiger partial charge in [-0.25, -0.2) is 28.5 Å². The zero-order valence-electron chi connectivity index (χ0n) is 15.3. The Bertz CT molecular complexity index is 1030. The third kappa shape index (κ3) is 4.13. The number of hydrogen-bond donors (Lipinski definition) is 2. The number of rotatable bonds is 3. The van der Waals surface area contributed by atoms with Crippen LogP contribution in [0.2, 0.25) is 0 Å². The average molecular weight is 396 g/mol. The van der Waals surface area contributed by atoms with Crippen molar-refractivity contribution in [3.63, 3.8) is 0 Å². The number of anilines is 2. The lowest BCUT2D eigenvalue weighted by Crippen LogP contribution is -2.33. The van der Waals surface area contributed by atoms with Crippen LogP contribution in [-0.2, 0) is 0 Å². The number of carbonyl (C=O) groups excluding carboxylic acids is 1. The zero-order chi connectivity index (χ0) is 20.4. The Morgan fingerprint density at radius 3 is 2.52 bits per heavy atom. The van der Waals surface area contributed by atoms with Crippen molar-refractivity contribution >= 4 is 17.5 Å². The first-order valence-corrected chi connectivity index (χ1v) is 9.05. The van der Waals surface area contributed by atoms with Crippen LogP contribution >= 0.6 is 0 Å². The summed E-state index contributed by atoms with van der Waals surface area (Å²) in [7, 11) is 0. The van der Waals surface area contributed by atoms with Crippen molar-refractivity contribution in [2.45, 2.75) is 12.3 Å². The largest absolute Gasteiger partial charge is 0.396 e. The third-order valence-electron chi connectivity index (χ3n) is 4.77. The third-order valence-corrected chi connectivity index (χ3v) is 4.77. The van der Waals surface area contributed by atoms with Crippen molar-refractivity contribution in [1.29, 1.82) is 0 Å². The minimum atomic E-state index is -0.496. The van der Waals surface area contributed by atoms with Crippen molar-refractivity contribution in [2.75, 3.05) is 24.1 Å². The molecule has 1 fully saturated rings. The van der Waals surface area contributed by atoms with Gasteiger partial charge in [-0.3, -0.25) is 5.32 Å². The summed E-state index contributed by atoms with van der Waals surface area (Å²) in [5.74, 6) is -0.150. The lowest BCUT2D eigenvalue weighted by molar-refractivity contribution is 0.222. The molecule has 0 spiro atoms. The number of carbonyl (C=O) groups is 1. The number of pyridine rings is 1. The van der Waals surface area contributed by atoms with Gasteiger partial charge in [-0.2, -0.15) is 0 Å². The average Bonchev–Trinajstić information content (AvgIpc) is 3.21. The van der Waals surface area contributed by atoms with Crippen LogP contribution in [0.1, 0.15) is 18.2 Å². The first-order valence-electron chi connectivity index (χ1n) is 9.05. The van der Waals surface area contributed by atoms with Crippen molar-refractivity contribution in [1.82, 2.24) is 19.9 Å². The van der Waals surface area contributed by atoms with Gasteiger partial charge in [0.1, 0.15) is 11.6 Å². The van der Waals surface area contributed by atoms with E-state index in [9.17, 15) is 13.6 Å². The number of hydrogen-bond acceptors (Lipinski definition) is 5. The maximum atomic E-state index is 13.1. The Hall–Kier alpha value is -3.62. The molecule has 1 aliphatic rings. The van der Waals surface area contributed by atoms with Crippen molar-refractivity contribution in [3.05, 3.63) is 66.3 Å². The fourth-order valence-corrected chi connectivity index (χ4v) is 3.22. The van der Waals surface area contributed by atoms with Gasteiger partial charge in [-0.05, 0) is 42.8 Å². The molecule has 1 unspecified atom stereocenters. The Kier molecular flexibility index (Phi) is 5.03. The van der Waals surface area contributed by atoms with E-state index in [1.54, 1.807) is 29.2 Å². The molecule has 0 radical (unpaired) electrons.